The lowest BCUT2D eigenvalue weighted by Crippen LogP contribution is -2.38. The van der Waals surface area contributed by atoms with E-state index in [2.05, 4.69) is 31.2 Å². The fourth-order valence-electron chi connectivity index (χ4n) is 4.42. The van der Waals surface area contributed by atoms with E-state index >= 15 is 0 Å². The second-order valence-electron chi connectivity index (χ2n) is 9.17. The highest BCUT2D eigenvalue weighted by molar-refractivity contribution is 6.31. The zero-order valence-corrected chi connectivity index (χ0v) is 22.0. The molecule has 7 nitrogen and oxygen atoms in total. The predicted octanol–water partition coefficient (Wildman–Crippen LogP) is 6.11. The lowest BCUT2D eigenvalue weighted by molar-refractivity contribution is 0.418. The van der Waals surface area contributed by atoms with Crippen LogP contribution in [-0.2, 0) is 0 Å². The fourth-order valence-corrected chi connectivity index (χ4v) is 4.73. The van der Waals surface area contributed by atoms with E-state index in [4.69, 9.17) is 28.9 Å². The number of aromatic nitrogens is 2. The van der Waals surface area contributed by atoms with Gasteiger partial charge in [0.2, 0.25) is 0 Å². The highest BCUT2D eigenvalue weighted by atomic mass is 35.5. The van der Waals surface area contributed by atoms with Crippen molar-refractivity contribution in [3.63, 3.8) is 0 Å². The third-order valence-corrected chi connectivity index (χ3v) is 7.03. The molecular weight excluding hydrogens is 524 g/mol. The Bertz CT molecular complexity index is 1440. The number of benzene rings is 3. The summed E-state index contributed by atoms with van der Waals surface area (Å²) in [6.07, 6.45) is 5.47. The van der Waals surface area contributed by atoms with Gasteiger partial charge in [-0.3, -0.25) is 0 Å². The van der Waals surface area contributed by atoms with Crippen molar-refractivity contribution in [3.05, 3.63) is 100 Å². The molecule has 3 aromatic carbocycles. The first-order valence-electron chi connectivity index (χ1n) is 12.4. The molecule has 2 heterocycles. The van der Waals surface area contributed by atoms with Crippen molar-refractivity contribution in [2.75, 3.05) is 23.7 Å². The van der Waals surface area contributed by atoms with E-state index in [-0.39, 0.29) is 11.1 Å². The smallest absolute Gasteiger partial charge is 0.141 e. The molecule has 0 spiro atoms. The third-order valence-electron chi connectivity index (χ3n) is 6.49. The van der Waals surface area contributed by atoms with Crippen LogP contribution in [0.25, 0.3) is 10.9 Å². The Morgan fingerprint density at radius 2 is 1.76 bits per heavy atom. The highest BCUT2D eigenvalue weighted by Gasteiger charge is 2.17. The van der Waals surface area contributed by atoms with Gasteiger partial charge in [-0.2, -0.15) is 0 Å². The number of piperidine rings is 1. The van der Waals surface area contributed by atoms with Crippen LogP contribution in [0.5, 0.6) is 0 Å². The van der Waals surface area contributed by atoms with Gasteiger partial charge in [-0.1, -0.05) is 35.3 Å². The zero-order chi connectivity index (χ0) is 26.5. The average Bonchev–Trinajstić information content (AvgIpc) is 2.94. The van der Waals surface area contributed by atoms with Crippen molar-refractivity contribution < 1.29 is 4.39 Å². The molecule has 196 valence electrons. The first-order valence-corrected chi connectivity index (χ1v) is 13.1. The predicted molar refractivity (Wildman–Crippen MR) is 153 cm³/mol. The first-order chi connectivity index (χ1) is 18.5. The summed E-state index contributed by atoms with van der Waals surface area (Å²) in [5.41, 5.74) is 10.4. The molecule has 4 aromatic rings. The van der Waals surface area contributed by atoms with Crippen LogP contribution in [0.3, 0.4) is 0 Å². The molecular formula is C28H28Cl2FN7. The summed E-state index contributed by atoms with van der Waals surface area (Å²) in [6, 6.07) is 17.9. The van der Waals surface area contributed by atoms with Crippen LogP contribution in [0.2, 0.25) is 10.0 Å². The van der Waals surface area contributed by atoms with Gasteiger partial charge in [0.1, 0.15) is 18.0 Å². The van der Waals surface area contributed by atoms with Crippen molar-refractivity contribution in [3.8, 4) is 0 Å². The number of hydrogen-bond donors (Lipinski definition) is 5. The molecule has 1 aliphatic heterocycles. The Hall–Kier alpha value is -3.59. The normalized spacial score (nSPS) is 15.3. The molecule has 1 aliphatic rings. The monoisotopic (exact) mass is 551 g/mol. The van der Waals surface area contributed by atoms with Crippen molar-refractivity contribution in [2.24, 2.45) is 5.73 Å². The van der Waals surface area contributed by atoms with Crippen LogP contribution in [0.15, 0.2) is 78.9 Å². The van der Waals surface area contributed by atoms with Gasteiger partial charge >= 0.3 is 0 Å². The maximum atomic E-state index is 13.6. The number of halogens is 3. The van der Waals surface area contributed by atoms with Gasteiger partial charge < -0.3 is 27.0 Å². The van der Waals surface area contributed by atoms with E-state index in [0.717, 1.165) is 48.1 Å². The summed E-state index contributed by atoms with van der Waals surface area (Å²) < 4.78 is 13.6. The van der Waals surface area contributed by atoms with Crippen LogP contribution in [0.4, 0.5) is 21.6 Å². The molecule has 0 radical (unpaired) electrons. The average molecular weight is 552 g/mol. The molecule has 1 fully saturated rings. The first kappa shape index (κ1) is 26.0. The molecule has 1 atom stereocenters. The SMILES string of the molecule is N/C(=C\NC1CCNCC1)C(Nc1ccc2ncnc(Nc3ccc(F)c(Cl)c3)c2c1)c1ccc(Cl)cc1. The van der Waals surface area contributed by atoms with Crippen LogP contribution in [-0.4, -0.2) is 29.1 Å². The number of nitrogens with zero attached hydrogens (tertiary/aromatic N) is 2. The molecule has 5 rings (SSSR count). The van der Waals surface area contributed by atoms with Crippen LogP contribution in [0, 0.1) is 5.82 Å². The van der Waals surface area contributed by atoms with Crippen LogP contribution >= 0.6 is 23.2 Å². The highest BCUT2D eigenvalue weighted by Crippen LogP contribution is 2.30. The number of nitrogens with one attached hydrogen (secondary N) is 4. The maximum Gasteiger partial charge on any atom is 0.141 e. The number of fused-ring (bicyclic) bond motifs is 1. The van der Waals surface area contributed by atoms with E-state index < -0.39 is 5.82 Å². The Kier molecular flexibility index (Phi) is 8.12. The minimum absolute atomic E-state index is 0.0295. The van der Waals surface area contributed by atoms with Gasteiger partial charge in [0, 0.05) is 34.0 Å². The molecule has 1 saturated heterocycles. The lowest BCUT2D eigenvalue weighted by Gasteiger charge is -2.25. The molecule has 0 amide bonds. The van der Waals surface area contributed by atoms with Crippen molar-refractivity contribution in [1.29, 1.82) is 0 Å². The summed E-state index contributed by atoms with van der Waals surface area (Å²) in [7, 11) is 0. The minimum atomic E-state index is -0.482. The van der Waals surface area contributed by atoms with Crippen molar-refractivity contribution in [2.45, 2.75) is 24.9 Å². The van der Waals surface area contributed by atoms with E-state index in [1.807, 2.05) is 48.7 Å². The number of anilines is 3. The molecule has 0 saturated carbocycles. The number of rotatable bonds is 8. The summed E-state index contributed by atoms with van der Waals surface area (Å²) in [6.45, 7) is 1.98. The van der Waals surface area contributed by atoms with Gasteiger partial charge in [-0.05, 0) is 80.0 Å². The maximum absolute atomic E-state index is 13.6. The quantitative estimate of drug-likeness (QED) is 0.180. The van der Waals surface area contributed by atoms with Gasteiger partial charge in [0.25, 0.3) is 0 Å². The molecule has 0 bridgehead atoms. The van der Waals surface area contributed by atoms with Gasteiger partial charge in [0.05, 0.1) is 22.3 Å². The molecule has 6 N–H and O–H groups in total. The second kappa shape index (κ2) is 11.9. The van der Waals surface area contributed by atoms with Crippen molar-refractivity contribution >= 4 is 51.3 Å². The second-order valence-corrected chi connectivity index (χ2v) is 10.0. The molecule has 0 aliphatic carbocycles. The standard InChI is InChI=1S/C28H28Cl2FN7/c29-18-3-1-17(2-4-18)27(25(32)15-34-19-9-11-33-12-10-19)37-20-6-8-26-22(13-20)28(36-16-35-26)38-21-5-7-24(31)23(30)14-21/h1-8,13-16,19,27,33-34,37H,9-12,32H2,(H,35,36,38)/b25-15-. The van der Waals surface area contributed by atoms with Crippen molar-refractivity contribution in [1.82, 2.24) is 20.6 Å². The minimum Gasteiger partial charge on any atom is -0.399 e. The van der Waals surface area contributed by atoms with E-state index in [1.165, 1.54) is 18.5 Å². The number of hydrogen-bond acceptors (Lipinski definition) is 7. The summed E-state index contributed by atoms with van der Waals surface area (Å²) in [5.74, 6) is 0.0882. The van der Waals surface area contributed by atoms with Gasteiger partial charge in [-0.15, -0.1) is 0 Å². The Morgan fingerprint density at radius 3 is 2.53 bits per heavy atom. The van der Waals surface area contributed by atoms with Gasteiger partial charge in [-0.25, -0.2) is 14.4 Å². The summed E-state index contributed by atoms with van der Waals surface area (Å²) in [4.78, 5) is 8.79. The largest absolute Gasteiger partial charge is 0.399 e. The Labute approximate surface area is 230 Å². The van der Waals surface area contributed by atoms with Gasteiger partial charge in [0.15, 0.2) is 0 Å². The molecule has 38 heavy (non-hydrogen) atoms. The fraction of sp³-hybridized carbons (Fsp3) is 0.214. The lowest BCUT2D eigenvalue weighted by atomic mass is 10.0. The van der Waals surface area contributed by atoms with E-state index in [9.17, 15) is 4.39 Å². The third kappa shape index (κ3) is 6.27. The summed E-state index contributed by atoms with van der Waals surface area (Å²) >= 11 is 12.1. The van der Waals surface area contributed by atoms with Crippen LogP contribution < -0.4 is 27.0 Å². The summed E-state index contributed by atoms with van der Waals surface area (Å²) in [5, 5.41) is 15.1. The zero-order valence-electron chi connectivity index (χ0n) is 20.5. The Balaban J connectivity index is 1.44. The molecule has 1 unspecified atom stereocenters. The van der Waals surface area contributed by atoms with Crippen LogP contribution in [0.1, 0.15) is 24.4 Å². The Morgan fingerprint density at radius 1 is 1.00 bits per heavy atom. The van der Waals surface area contributed by atoms with E-state index in [0.29, 0.717) is 28.3 Å². The number of nitrogens with two attached hydrogens (primary N) is 1. The topological polar surface area (TPSA) is 99.9 Å². The molecule has 1 aromatic heterocycles. The van der Waals surface area contributed by atoms with E-state index in [1.54, 1.807) is 6.07 Å². The molecule has 10 heteroatoms.